The number of fused-ring (bicyclic) bond motifs is 1. The molecule has 28 heavy (non-hydrogen) atoms. The molecule has 0 radical (unpaired) electrons. The van der Waals surface area contributed by atoms with Crippen molar-refractivity contribution in [1.29, 1.82) is 0 Å². The molecule has 7 nitrogen and oxygen atoms in total. The van der Waals surface area contributed by atoms with Crippen LogP contribution in [0.4, 0.5) is 5.82 Å². The lowest BCUT2D eigenvalue weighted by molar-refractivity contribution is 0.245. The molecule has 0 bridgehead atoms. The topological polar surface area (TPSA) is 78.4 Å². The molecule has 1 fully saturated rings. The third-order valence-electron chi connectivity index (χ3n) is 5.65. The normalized spacial score (nSPS) is 21.3. The molecule has 0 aliphatic carbocycles. The Hall–Kier alpha value is -2.03. The third-order valence-corrected chi connectivity index (χ3v) is 7.51. The van der Waals surface area contributed by atoms with Crippen LogP contribution in [-0.4, -0.2) is 61.3 Å². The van der Waals surface area contributed by atoms with Crippen LogP contribution in [0.2, 0.25) is 0 Å². The number of piperidine rings is 1. The largest absolute Gasteiger partial charge is 0.373 e. The summed E-state index contributed by atoms with van der Waals surface area (Å²) in [4.78, 5) is 12.3. The molecule has 1 saturated heterocycles. The molecule has 150 valence electrons. The Kier molecular flexibility index (Phi) is 5.35. The van der Waals surface area contributed by atoms with Gasteiger partial charge in [0.05, 0.1) is 10.6 Å². The Morgan fingerprint density at radius 1 is 1.14 bits per heavy atom. The minimum Gasteiger partial charge on any atom is -0.373 e. The van der Waals surface area contributed by atoms with Crippen LogP contribution in [0.1, 0.15) is 35.8 Å². The van der Waals surface area contributed by atoms with Gasteiger partial charge in [-0.3, -0.25) is 0 Å². The summed E-state index contributed by atoms with van der Waals surface area (Å²) in [5.41, 5.74) is 1.86. The van der Waals surface area contributed by atoms with Gasteiger partial charge < -0.3 is 10.2 Å². The van der Waals surface area contributed by atoms with E-state index in [1.165, 1.54) is 4.31 Å². The molecule has 2 aliphatic heterocycles. The number of nitrogens with zero attached hydrogens (tertiary/aromatic N) is 4. The zero-order valence-electron chi connectivity index (χ0n) is 16.4. The summed E-state index contributed by atoms with van der Waals surface area (Å²) < 4.78 is 27.5. The first-order valence-electron chi connectivity index (χ1n) is 9.80. The van der Waals surface area contributed by atoms with E-state index >= 15 is 0 Å². The zero-order chi connectivity index (χ0) is 19.7. The van der Waals surface area contributed by atoms with Crippen LogP contribution >= 0.6 is 0 Å². The lowest BCUT2D eigenvalue weighted by Crippen LogP contribution is -2.37. The average Bonchev–Trinajstić information content (AvgIpc) is 2.73. The number of likely N-dealkylation sites (N-methyl/N-ethyl adjacent to an activating group) is 1. The number of likely N-dealkylation sites (tertiary alicyclic amines) is 1. The number of hydrogen-bond donors (Lipinski definition) is 1. The van der Waals surface area contributed by atoms with Crippen molar-refractivity contribution >= 4 is 15.8 Å². The quantitative estimate of drug-likeness (QED) is 0.845. The van der Waals surface area contributed by atoms with Crippen LogP contribution in [0.25, 0.3) is 0 Å². The fourth-order valence-corrected chi connectivity index (χ4v) is 5.55. The monoisotopic (exact) mass is 401 g/mol. The molecule has 0 saturated carbocycles. The van der Waals surface area contributed by atoms with Gasteiger partial charge in [0, 0.05) is 44.6 Å². The predicted octanol–water partition coefficient (Wildman–Crippen LogP) is 2.07. The smallest absolute Gasteiger partial charge is 0.243 e. The first-order valence-corrected chi connectivity index (χ1v) is 11.2. The Bertz CT molecular complexity index is 931. The SMILES string of the molecule is CNc1nc([C@H]2CCCN(C)C2)nc2c1CN(S(=O)(=O)c1ccccc1)CC2. The van der Waals surface area contributed by atoms with Gasteiger partial charge in [-0.1, -0.05) is 18.2 Å². The van der Waals surface area contributed by atoms with Crippen LogP contribution in [-0.2, 0) is 23.0 Å². The summed E-state index contributed by atoms with van der Waals surface area (Å²) in [6.07, 6.45) is 2.86. The Labute approximate surface area is 166 Å². The van der Waals surface area contributed by atoms with Gasteiger partial charge in [-0.15, -0.1) is 0 Å². The molecular formula is C20H27N5O2S. The summed E-state index contributed by atoms with van der Waals surface area (Å²) in [5, 5.41) is 3.17. The molecule has 4 rings (SSSR count). The highest BCUT2D eigenvalue weighted by Gasteiger charge is 2.32. The van der Waals surface area contributed by atoms with Gasteiger partial charge in [0.25, 0.3) is 0 Å². The van der Waals surface area contributed by atoms with Gasteiger partial charge in [0.1, 0.15) is 11.6 Å². The Morgan fingerprint density at radius 2 is 1.93 bits per heavy atom. The van der Waals surface area contributed by atoms with Gasteiger partial charge in [-0.05, 0) is 38.6 Å². The van der Waals surface area contributed by atoms with Crippen LogP contribution in [0.15, 0.2) is 35.2 Å². The first-order chi connectivity index (χ1) is 13.5. The van der Waals surface area contributed by atoms with E-state index in [1.807, 2.05) is 13.1 Å². The molecule has 0 spiro atoms. The number of sulfonamides is 1. The van der Waals surface area contributed by atoms with E-state index in [4.69, 9.17) is 9.97 Å². The lowest BCUT2D eigenvalue weighted by atomic mass is 9.97. The number of hydrogen-bond acceptors (Lipinski definition) is 6. The molecule has 2 aliphatic rings. The molecule has 1 atom stereocenters. The molecule has 2 aromatic rings. The van der Waals surface area contributed by atoms with E-state index < -0.39 is 10.0 Å². The van der Waals surface area contributed by atoms with E-state index in [9.17, 15) is 8.42 Å². The van der Waals surface area contributed by atoms with Gasteiger partial charge in [0.15, 0.2) is 0 Å². The van der Waals surface area contributed by atoms with E-state index in [0.717, 1.165) is 48.8 Å². The standard InChI is InChI=1S/C20H27N5O2S/c1-21-20-17-14-25(28(26,27)16-8-4-3-5-9-16)12-10-18(17)22-19(23-20)15-7-6-11-24(2)13-15/h3-5,8-9,15H,6-7,10-14H2,1-2H3,(H,21,22,23)/t15-/m0/s1. The summed E-state index contributed by atoms with van der Waals surface area (Å²) in [5.74, 6) is 1.97. The highest BCUT2D eigenvalue weighted by atomic mass is 32.2. The van der Waals surface area contributed by atoms with Crippen molar-refractivity contribution < 1.29 is 8.42 Å². The third kappa shape index (κ3) is 3.64. The maximum Gasteiger partial charge on any atom is 0.243 e. The first kappa shape index (κ1) is 19.3. The minimum absolute atomic E-state index is 0.299. The summed E-state index contributed by atoms with van der Waals surface area (Å²) >= 11 is 0. The van der Waals surface area contributed by atoms with Crippen molar-refractivity contribution in [2.45, 2.75) is 36.6 Å². The zero-order valence-corrected chi connectivity index (χ0v) is 17.2. The molecule has 1 aromatic heterocycles. The second kappa shape index (κ2) is 7.77. The second-order valence-electron chi connectivity index (χ2n) is 7.61. The van der Waals surface area contributed by atoms with E-state index in [1.54, 1.807) is 24.3 Å². The summed E-state index contributed by atoms with van der Waals surface area (Å²) in [7, 11) is 0.448. The van der Waals surface area contributed by atoms with Crippen molar-refractivity contribution in [2.24, 2.45) is 0 Å². The fourth-order valence-electron chi connectivity index (χ4n) is 4.12. The molecule has 3 heterocycles. The lowest BCUT2D eigenvalue weighted by Gasteiger charge is -2.31. The molecule has 0 unspecified atom stereocenters. The van der Waals surface area contributed by atoms with Gasteiger partial charge in [-0.2, -0.15) is 4.31 Å². The van der Waals surface area contributed by atoms with Crippen molar-refractivity contribution in [2.75, 3.05) is 39.0 Å². The highest BCUT2D eigenvalue weighted by molar-refractivity contribution is 7.89. The van der Waals surface area contributed by atoms with E-state index in [0.29, 0.717) is 30.3 Å². The summed E-state index contributed by atoms with van der Waals surface area (Å²) in [6, 6.07) is 8.61. The van der Waals surface area contributed by atoms with Crippen LogP contribution in [0, 0.1) is 0 Å². The van der Waals surface area contributed by atoms with Crippen molar-refractivity contribution in [3.05, 3.63) is 47.4 Å². The van der Waals surface area contributed by atoms with Crippen LogP contribution in [0.5, 0.6) is 0 Å². The highest BCUT2D eigenvalue weighted by Crippen LogP contribution is 2.31. The maximum absolute atomic E-state index is 13.0. The maximum atomic E-state index is 13.0. The van der Waals surface area contributed by atoms with Crippen molar-refractivity contribution in [1.82, 2.24) is 19.2 Å². The second-order valence-corrected chi connectivity index (χ2v) is 9.55. The van der Waals surface area contributed by atoms with Crippen LogP contribution in [0.3, 0.4) is 0 Å². The average molecular weight is 402 g/mol. The van der Waals surface area contributed by atoms with Gasteiger partial charge >= 0.3 is 0 Å². The van der Waals surface area contributed by atoms with E-state index in [-0.39, 0.29) is 0 Å². The van der Waals surface area contributed by atoms with Gasteiger partial charge in [-0.25, -0.2) is 18.4 Å². The molecule has 1 N–H and O–H groups in total. The summed E-state index contributed by atoms with van der Waals surface area (Å²) in [6.45, 7) is 2.82. The minimum atomic E-state index is -3.52. The van der Waals surface area contributed by atoms with Crippen LogP contribution < -0.4 is 5.32 Å². The van der Waals surface area contributed by atoms with Crippen molar-refractivity contribution in [3.63, 3.8) is 0 Å². The van der Waals surface area contributed by atoms with Gasteiger partial charge in [0.2, 0.25) is 10.0 Å². The number of anilines is 1. The molecule has 8 heteroatoms. The molecule has 0 amide bonds. The van der Waals surface area contributed by atoms with E-state index in [2.05, 4.69) is 17.3 Å². The number of nitrogens with one attached hydrogen (secondary N) is 1. The number of benzene rings is 1. The fraction of sp³-hybridized carbons (Fsp3) is 0.500. The van der Waals surface area contributed by atoms with Crippen molar-refractivity contribution in [3.8, 4) is 0 Å². The Morgan fingerprint density at radius 3 is 2.64 bits per heavy atom. The number of rotatable bonds is 4. The molecule has 1 aromatic carbocycles. The number of aromatic nitrogens is 2. The Balaban J connectivity index is 1.64. The molecular weight excluding hydrogens is 374 g/mol. The predicted molar refractivity (Wildman–Crippen MR) is 109 cm³/mol.